The van der Waals surface area contributed by atoms with E-state index < -0.39 is 11.8 Å². The van der Waals surface area contributed by atoms with Gasteiger partial charge in [0.15, 0.2) is 0 Å². The van der Waals surface area contributed by atoms with Crippen LogP contribution in [0.2, 0.25) is 0 Å². The van der Waals surface area contributed by atoms with Gasteiger partial charge in [0.05, 0.1) is 7.11 Å². The highest BCUT2D eigenvalue weighted by Crippen LogP contribution is 2.23. The zero-order valence-corrected chi connectivity index (χ0v) is 11.8. The monoisotopic (exact) mass is 264 g/mol. The van der Waals surface area contributed by atoms with Gasteiger partial charge in [0, 0.05) is 13.6 Å². The highest BCUT2D eigenvalue weighted by Gasteiger charge is 2.15. The molecular formula is C14H20N2O3. The third-order valence-corrected chi connectivity index (χ3v) is 3.17. The van der Waals surface area contributed by atoms with E-state index in [9.17, 15) is 9.59 Å². The summed E-state index contributed by atoms with van der Waals surface area (Å²) in [5.41, 5.74) is 8.28. The van der Waals surface area contributed by atoms with Crippen molar-refractivity contribution in [1.82, 2.24) is 4.90 Å². The Hall–Kier alpha value is -2.04. The van der Waals surface area contributed by atoms with Crippen LogP contribution in [0.5, 0.6) is 5.75 Å². The number of amides is 2. The molecule has 1 aromatic carbocycles. The summed E-state index contributed by atoms with van der Waals surface area (Å²) in [6.45, 7) is 4.46. The van der Waals surface area contributed by atoms with Crippen LogP contribution in [0.15, 0.2) is 12.1 Å². The van der Waals surface area contributed by atoms with Crippen LogP contribution in [0.25, 0.3) is 0 Å². The average molecular weight is 264 g/mol. The number of rotatable bonds is 4. The number of likely N-dealkylation sites (N-methyl/N-ethyl adjacent to an activating group) is 1. The van der Waals surface area contributed by atoms with Gasteiger partial charge < -0.3 is 15.4 Å². The molecule has 0 unspecified atom stereocenters. The third kappa shape index (κ3) is 3.71. The van der Waals surface area contributed by atoms with E-state index in [-0.39, 0.29) is 0 Å². The first-order valence-corrected chi connectivity index (χ1v) is 6.05. The number of benzene rings is 1. The van der Waals surface area contributed by atoms with Crippen LogP contribution < -0.4 is 10.5 Å². The van der Waals surface area contributed by atoms with Crippen LogP contribution in [0, 0.1) is 13.8 Å². The van der Waals surface area contributed by atoms with Crippen molar-refractivity contribution in [2.45, 2.75) is 20.3 Å². The molecule has 1 rings (SSSR count). The Morgan fingerprint density at radius 1 is 1.26 bits per heavy atom. The minimum Gasteiger partial charge on any atom is -0.496 e. The minimum atomic E-state index is -0.936. The Bertz CT molecular complexity index is 498. The standard InChI is InChI=1S/C14H20N2O3/c1-9-7-11(12(19-4)8-10(9)2)5-6-16(3)14(18)13(15)17/h7-8H,5-6H2,1-4H3,(H2,15,17). The first kappa shape index (κ1) is 15.0. The molecule has 0 saturated heterocycles. The summed E-state index contributed by atoms with van der Waals surface area (Å²) in [6, 6.07) is 4.01. The molecule has 0 fully saturated rings. The lowest BCUT2D eigenvalue weighted by Gasteiger charge is -2.17. The molecular weight excluding hydrogens is 244 g/mol. The Kier molecular flexibility index (Phi) is 4.92. The van der Waals surface area contributed by atoms with Gasteiger partial charge in [-0.3, -0.25) is 9.59 Å². The molecule has 1 aromatic rings. The van der Waals surface area contributed by atoms with Crippen molar-refractivity contribution in [1.29, 1.82) is 0 Å². The Morgan fingerprint density at radius 3 is 2.37 bits per heavy atom. The van der Waals surface area contributed by atoms with Crippen molar-refractivity contribution in [3.05, 3.63) is 28.8 Å². The van der Waals surface area contributed by atoms with Crippen LogP contribution in [0.4, 0.5) is 0 Å². The number of carbonyl (C=O) groups is 2. The summed E-state index contributed by atoms with van der Waals surface area (Å²) in [5.74, 6) is -0.819. The second-order valence-corrected chi connectivity index (χ2v) is 4.59. The molecule has 0 saturated carbocycles. The number of nitrogens with zero attached hydrogens (tertiary/aromatic N) is 1. The number of hydrogen-bond donors (Lipinski definition) is 1. The maximum absolute atomic E-state index is 11.4. The van der Waals surface area contributed by atoms with Gasteiger partial charge >= 0.3 is 11.8 Å². The molecule has 0 aliphatic heterocycles. The smallest absolute Gasteiger partial charge is 0.311 e. The summed E-state index contributed by atoms with van der Waals surface area (Å²) >= 11 is 0. The largest absolute Gasteiger partial charge is 0.496 e. The lowest BCUT2D eigenvalue weighted by atomic mass is 10.0. The minimum absolute atomic E-state index is 0.417. The van der Waals surface area contributed by atoms with Crippen molar-refractivity contribution in [2.24, 2.45) is 5.73 Å². The third-order valence-electron chi connectivity index (χ3n) is 3.17. The van der Waals surface area contributed by atoms with Gasteiger partial charge in [-0.1, -0.05) is 6.07 Å². The maximum Gasteiger partial charge on any atom is 0.311 e. The number of carbonyl (C=O) groups excluding carboxylic acids is 2. The summed E-state index contributed by atoms with van der Waals surface area (Å²) in [5, 5.41) is 0. The molecule has 0 atom stereocenters. The molecule has 2 amide bonds. The molecule has 5 heteroatoms. The second kappa shape index (κ2) is 6.22. The molecule has 0 aliphatic rings. The van der Waals surface area contributed by atoms with Gasteiger partial charge in [0.25, 0.3) is 0 Å². The van der Waals surface area contributed by atoms with Gasteiger partial charge in [-0.2, -0.15) is 0 Å². The number of aryl methyl sites for hydroxylation is 2. The summed E-state index contributed by atoms with van der Waals surface area (Å²) in [4.78, 5) is 23.5. The van der Waals surface area contributed by atoms with Gasteiger partial charge in [-0.15, -0.1) is 0 Å². The van der Waals surface area contributed by atoms with Crippen LogP contribution in [0.1, 0.15) is 16.7 Å². The zero-order chi connectivity index (χ0) is 14.6. The highest BCUT2D eigenvalue weighted by atomic mass is 16.5. The topological polar surface area (TPSA) is 72.6 Å². The van der Waals surface area contributed by atoms with Crippen molar-refractivity contribution in [3.63, 3.8) is 0 Å². The number of primary amides is 1. The second-order valence-electron chi connectivity index (χ2n) is 4.59. The predicted octanol–water partition coefficient (Wildman–Crippen LogP) is 0.798. The Morgan fingerprint density at radius 2 is 1.84 bits per heavy atom. The first-order valence-electron chi connectivity index (χ1n) is 6.05. The predicted molar refractivity (Wildman–Crippen MR) is 73.0 cm³/mol. The number of nitrogens with two attached hydrogens (primary N) is 1. The van der Waals surface area contributed by atoms with E-state index in [0.29, 0.717) is 13.0 Å². The SMILES string of the molecule is COc1cc(C)c(C)cc1CCN(C)C(=O)C(N)=O. The van der Waals surface area contributed by atoms with Gasteiger partial charge in [0.1, 0.15) is 5.75 Å². The Labute approximate surface area is 113 Å². The van der Waals surface area contributed by atoms with Crippen LogP contribution in [-0.2, 0) is 16.0 Å². The van der Waals surface area contributed by atoms with Crippen LogP contribution in [0.3, 0.4) is 0 Å². The lowest BCUT2D eigenvalue weighted by molar-refractivity contribution is -0.143. The summed E-state index contributed by atoms with van der Waals surface area (Å²) in [6.07, 6.45) is 0.611. The molecule has 0 aliphatic carbocycles. The first-order chi connectivity index (χ1) is 8.86. The van der Waals surface area contributed by atoms with Gasteiger partial charge in [-0.25, -0.2) is 0 Å². The molecule has 104 valence electrons. The molecule has 0 aromatic heterocycles. The number of ether oxygens (including phenoxy) is 1. The van der Waals surface area contributed by atoms with E-state index in [2.05, 4.69) is 0 Å². The molecule has 2 N–H and O–H groups in total. The van der Waals surface area contributed by atoms with Crippen molar-refractivity contribution < 1.29 is 14.3 Å². The van der Waals surface area contributed by atoms with Crippen molar-refractivity contribution in [2.75, 3.05) is 20.7 Å². The quantitative estimate of drug-likeness (QED) is 0.817. The van der Waals surface area contributed by atoms with Gasteiger partial charge in [-0.05, 0) is 43.0 Å². The van der Waals surface area contributed by atoms with E-state index in [1.807, 2.05) is 26.0 Å². The summed E-state index contributed by atoms with van der Waals surface area (Å²) < 4.78 is 5.33. The molecule has 0 heterocycles. The van der Waals surface area contributed by atoms with Crippen LogP contribution in [-0.4, -0.2) is 37.4 Å². The van der Waals surface area contributed by atoms with E-state index in [4.69, 9.17) is 10.5 Å². The number of methoxy groups -OCH3 is 1. The van der Waals surface area contributed by atoms with Crippen molar-refractivity contribution >= 4 is 11.8 Å². The lowest BCUT2D eigenvalue weighted by Crippen LogP contribution is -2.38. The molecule has 0 radical (unpaired) electrons. The summed E-state index contributed by atoms with van der Waals surface area (Å²) in [7, 11) is 3.17. The maximum atomic E-state index is 11.4. The van der Waals surface area contributed by atoms with E-state index in [1.54, 1.807) is 14.2 Å². The highest BCUT2D eigenvalue weighted by molar-refractivity contribution is 6.34. The van der Waals surface area contributed by atoms with E-state index in [0.717, 1.165) is 16.9 Å². The molecule has 0 bridgehead atoms. The Balaban J connectivity index is 2.80. The van der Waals surface area contributed by atoms with Crippen LogP contribution >= 0.6 is 0 Å². The van der Waals surface area contributed by atoms with Gasteiger partial charge in [0.2, 0.25) is 0 Å². The van der Waals surface area contributed by atoms with E-state index >= 15 is 0 Å². The molecule has 5 nitrogen and oxygen atoms in total. The molecule has 19 heavy (non-hydrogen) atoms. The normalized spacial score (nSPS) is 10.1. The fraction of sp³-hybridized carbons (Fsp3) is 0.429. The fourth-order valence-electron chi connectivity index (χ4n) is 1.81. The van der Waals surface area contributed by atoms with Crippen molar-refractivity contribution in [3.8, 4) is 5.75 Å². The zero-order valence-electron chi connectivity index (χ0n) is 11.8. The molecule has 0 spiro atoms. The number of hydrogen-bond acceptors (Lipinski definition) is 3. The average Bonchev–Trinajstić information content (AvgIpc) is 2.38. The van der Waals surface area contributed by atoms with E-state index in [1.165, 1.54) is 10.5 Å². The fourth-order valence-corrected chi connectivity index (χ4v) is 1.81.